The third kappa shape index (κ3) is 4.28. The number of benzene rings is 2. The van der Waals surface area contributed by atoms with Crippen LogP contribution in [0, 0.1) is 6.92 Å². The van der Waals surface area contributed by atoms with E-state index in [9.17, 15) is 4.79 Å². The maximum absolute atomic E-state index is 13.3. The second kappa shape index (κ2) is 8.61. The summed E-state index contributed by atoms with van der Waals surface area (Å²) in [6.45, 7) is 3.73. The molecule has 1 fully saturated rings. The fraction of sp³-hybridized carbons (Fsp3) is 0.318. The molecule has 0 spiro atoms. The number of carbonyl (C=O) groups excluding carboxylic acids is 1. The highest BCUT2D eigenvalue weighted by atomic mass is 32.2. The number of nitrogens with zero attached hydrogens (tertiary/aromatic N) is 3. The molecule has 2 heterocycles. The largest absolute Gasteiger partial charge is 0.341 e. The van der Waals surface area contributed by atoms with Crippen LogP contribution in [0.2, 0.25) is 0 Å². The molecule has 0 bridgehead atoms. The Hall–Kier alpha value is -2.60. The zero-order valence-electron chi connectivity index (χ0n) is 16.0. The summed E-state index contributed by atoms with van der Waals surface area (Å²) in [7, 11) is 0. The highest BCUT2D eigenvalue weighted by molar-refractivity contribution is 8.00. The van der Waals surface area contributed by atoms with E-state index in [1.54, 1.807) is 0 Å². The first-order chi connectivity index (χ1) is 13.7. The molecule has 0 aliphatic carbocycles. The van der Waals surface area contributed by atoms with Crippen molar-refractivity contribution in [3.63, 3.8) is 0 Å². The van der Waals surface area contributed by atoms with Gasteiger partial charge in [-0.2, -0.15) is 0 Å². The number of aromatic amines is 1. The van der Waals surface area contributed by atoms with Crippen molar-refractivity contribution in [3.05, 3.63) is 65.7 Å². The number of rotatable bonds is 5. The van der Waals surface area contributed by atoms with Crippen molar-refractivity contribution in [2.75, 3.05) is 13.1 Å². The number of carbonyl (C=O) groups is 1. The van der Waals surface area contributed by atoms with Crippen molar-refractivity contribution in [1.29, 1.82) is 0 Å². The number of hydrogen-bond acceptors (Lipinski definition) is 4. The molecule has 1 aliphatic heterocycles. The number of aryl methyl sites for hydroxylation is 1. The SMILES string of the molecule is Cc1ccc(-c2nc(SC(C(=O)N3CCCCC3)c3ccccc3)n[nH]2)cc1. The van der Waals surface area contributed by atoms with Gasteiger partial charge in [0.2, 0.25) is 11.1 Å². The van der Waals surface area contributed by atoms with E-state index in [1.165, 1.54) is 23.7 Å². The Kier molecular flexibility index (Phi) is 5.76. The monoisotopic (exact) mass is 392 g/mol. The molecular weight excluding hydrogens is 368 g/mol. The maximum atomic E-state index is 13.3. The molecule has 1 saturated heterocycles. The number of nitrogens with one attached hydrogen (secondary N) is 1. The van der Waals surface area contributed by atoms with Gasteiger partial charge in [-0.05, 0) is 31.7 Å². The normalized spacial score (nSPS) is 15.4. The third-order valence-corrected chi connectivity index (χ3v) is 6.11. The molecule has 1 N–H and O–H groups in total. The van der Waals surface area contributed by atoms with Crippen LogP contribution in [0.25, 0.3) is 11.4 Å². The first-order valence-corrected chi connectivity index (χ1v) is 10.6. The maximum Gasteiger partial charge on any atom is 0.240 e. The Balaban J connectivity index is 1.57. The number of aromatic nitrogens is 3. The van der Waals surface area contributed by atoms with E-state index in [2.05, 4.69) is 34.2 Å². The minimum absolute atomic E-state index is 0.151. The summed E-state index contributed by atoms with van der Waals surface area (Å²) in [4.78, 5) is 19.9. The van der Waals surface area contributed by atoms with Gasteiger partial charge in [0, 0.05) is 18.7 Å². The minimum atomic E-state index is -0.332. The summed E-state index contributed by atoms with van der Waals surface area (Å²) in [6, 6.07) is 18.1. The molecule has 4 rings (SSSR count). The van der Waals surface area contributed by atoms with Gasteiger partial charge in [0.05, 0.1) is 0 Å². The number of thioether (sulfide) groups is 1. The van der Waals surface area contributed by atoms with Crippen molar-refractivity contribution in [2.24, 2.45) is 0 Å². The Labute approximate surface area is 169 Å². The lowest BCUT2D eigenvalue weighted by atomic mass is 10.1. The zero-order chi connectivity index (χ0) is 19.3. The highest BCUT2D eigenvalue weighted by Crippen LogP contribution is 2.36. The van der Waals surface area contributed by atoms with Crippen LogP contribution in [0.3, 0.4) is 0 Å². The van der Waals surface area contributed by atoms with Gasteiger partial charge >= 0.3 is 0 Å². The predicted octanol–water partition coefficient (Wildman–Crippen LogP) is 4.63. The average molecular weight is 393 g/mol. The van der Waals surface area contributed by atoms with E-state index >= 15 is 0 Å². The van der Waals surface area contributed by atoms with Gasteiger partial charge in [-0.1, -0.05) is 71.9 Å². The third-order valence-electron chi connectivity index (χ3n) is 5.01. The molecule has 28 heavy (non-hydrogen) atoms. The molecule has 6 heteroatoms. The van der Waals surface area contributed by atoms with Crippen LogP contribution < -0.4 is 0 Å². The van der Waals surface area contributed by atoms with Gasteiger partial charge in [-0.25, -0.2) is 4.98 Å². The lowest BCUT2D eigenvalue weighted by Gasteiger charge is -2.30. The molecule has 1 aliphatic rings. The van der Waals surface area contributed by atoms with Crippen molar-refractivity contribution < 1.29 is 4.79 Å². The molecule has 1 atom stereocenters. The van der Waals surface area contributed by atoms with Crippen LogP contribution in [-0.2, 0) is 4.79 Å². The van der Waals surface area contributed by atoms with E-state index in [-0.39, 0.29) is 11.2 Å². The molecule has 2 aromatic carbocycles. The van der Waals surface area contributed by atoms with E-state index < -0.39 is 0 Å². The van der Waals surface area contributed by atoms with E-state index in [0.717, 1.165) is 42.9 Å². The standard InChI is InChI=1S/C22H24N4OS/c1-16-10-12-18(13-11-16)20-23-22(25-24-20)28-19(17-8-4-2-5-9-17)21(27)26-14-6-3-7-15-26/h2,4-5,8-13,19H,3,6-7,14-15H2,1H3,(H,23,24,25). The molecular formula is C22H24N4OS. The summed E-state index contributed by atoms with van der Waals surface area (Å²) < 4.78 is 0. The number of hydrogen-bond donors (Lipinski definition) is 1. The van der Waals surface area contributed by atoms with Crippen LogP contribution in [0.1, 0.15) is 35.6 Å². The zero-order valence-corrected chi connectivity index (χ0v) is 16.8. The first kappa shape index (κ1) is 18.7. The van der Waals surface area contributed by atoms with Crippen LogP contribution in [0.5, 0.6) is 0 Å². The lowest BCUT2D eigenvalue weighted by Crippen LogP contribution is -2.38. The topological polar surface area (TPSA) is 61.9 Å². The molecule has 5 nitrogen and oxygen atoms in total. The second-order valence-electron chi connectivity index (χ2n) is 7.13. The Bertz CT molecular complexity index is 917. The van der Waals surface area contributed by atoms with Gasteiger partial charge < -0.3 is 4.90 Å². The molecule has 3 aromatic rings. The van der Waals surface area contributed by atoms with Crippen LogP contribution >= 0.6 is 11.8 Å². The fourth-order valence-electron chi connectivity index (χ4n) is 3.41. The van der Waals surface area contributed by atoms with Crippen molar-refractivity contribution >= 4 is 17.7 Å². The molecule has 0 saturated carbocycles. The molecule has 144 valence electrons. The average Bonchev–Trinajstić information content (AvgIpc) is 3.22. The highest BCUT2D eigenvalue weighted by Gasteiger charge is 2.29. The van der Waals surface area contributed by atoms with E-state index in [1.807, 2.05) is 47.4 Å². The van der Waals surface area contributed by atoms with E-state index in [0.29, 0.717) is 5.16 Å². The second-order valence-corrected chi connectivity index (χ2v) is 8.20. The first-order valence-electron chi connectivity index (χ1n) is 9.70. The van der Waals surface area contributed by atoms with Gasteiger partial charge in [0.1, 0.15) is 5.25 Å². The van der Waals surface area contributed by atoms with Gasteiger partial charge in [-0.3, -0.25) is 9.89 Å². The Morgan fingerprint density at radius 1 is 1.04 bits per heavy atom. The summed E-state index contributed by atoms with van der Waals surface area (Å²) in [6.07, 6.45) is 3.36. The van der Waals surface area contributed by atoms with Gasteiger partial charge in [0.25, 0.3) is 0 Å². The molecule has 1 amide bonds. The lowest BCUT2D eigenvalue weighted by molar-refractivity contribution is -0.131. The van der Waals surface area contributed by atoms with Gasteiger partial charge in [-0.15, -0.1) is 5.10 Å². The van der Waals surface area contributed by atoms with Crippen molar-refractivity contribution in [3.8, 4) is 11.4 Å². The Morgan fingerprint density at radius 2 is 1.75 bits per heavy atom. The number of amides is 1. The van der Waals surface area contributed by atoms with Crippen LogP contribution in [0.15, 0.2) is 59.8 Å². The van der Waals surface area contributed by atoms with Crippen molar-refractivity contribution in [2.45, 2.75) is 36.6 Å². The quantitative estimate of drug-likeness (QED) is 0.643. The minimum Gasteiger partial charge on any atom is -0.341 e. The smallest absolute Gasteiger partial charge is 0.240 e. The number of H-pyrrole nitrogens is 1. The molecule has 1 aromatic heterocycles. The van der Waals surface area contributed by atoms with Gasteiger partial charge in [0.15, 0.2) is 5.82 Å². The van der Waals surface area contributed by atoms with Crippen LogP contribution in [0.4, 0.5) is 0 Å². The number of piperidine rings is 1. The summed E-state index contributed by atoms with van der Waals surface area (Å²) in [5.74, 6) is 0.873. The molecule has 0 radical (unpaired) electrons. The fourth-order valence-corrected chi connectivity index (χ4v) is 4.41. The predicted molar refractivity (Wildman–Crippen MR) is 112 cm³/mol. The molecule has 1 unspecified atom stereocenters. The van der Waals surface area contributed by atoms with Crippen molar-refractivity contribution in [1.82, 2.24) is 20.1 Å². The summed E-state index contributed by atoms with van der Waals surface area (Å²) >= 11 is 1.42. The van der Waals surface area contributed by atoms with Crippen LogP contribution in [-0.4, -0.2) is 39.1 Å². The summed E-state index contributed by atoms with van der Waals surface area (Å²) in [5, 5.41) is 7.63. The van der Waals surface area contributed by atoms with E-state index in [4.69, 9.17) is 0 Å². The summed E-state index contributed by atoms with van der Waals surface area (Å²) in [5.41, 5.74) is 3.18. The Morgan fingerprint density at radius 3 is 2.46 bits per heavy atom. The number of likely N-dealkylation sites (tertiary alicyclic amines) is 1.